The number of rotatable bonds is 7. The molecule has 1 aromatic carbocycles. The molecular formula is C25H31N3O4S. The topological polar surface area (TPSA) is 71.4 Å². The largest absolute Gasteiger partial charge is 0.460 e. The highest BCUT2D eigenvalue weighted by atomic mass is 32.2. The molecule has 0 spiro atoms. The average molecular weight is 470 g/mol. The van der Waals surface area contributed by atoms with Gasteiger partial charge in [-0.25, -0.2) is 9.79 Å². The van der Waals surface area contributed by atoms with Crippen molar-refractivity contribution in [3.05, 3.63) is 57.3 Å². The summed E-state index contributed by atoms with van der Waals surface area (Å²) in [6, 6.07) is 5.84. The van der Waals surface area contributed by atoms with Crippen LogP contribution < -0.4 is 0 Å². The Hall–Kier alpha value is -2.58. The first-order valence-electron chi connectivity index (χ1n) is 11.4. The van der Waals surface area contributed by atoms with E-state index in [1.54, 1.807) is 7.11 Å². The Bertz CT molecular complexity index is 1040. The smallest absolute Gasteiger partial charge is 0.338 e. The number of carbonyl (C=O) groups is 2. The van der Waals surface area contributed by atoms with Crippen molar-refractivity contribution >= 4 is 28.8 Å². The molecular weight excluding hydrogens is 438 g/mol. The predicted molar refractivity (Wildman–Crippen MR) is 130 cm³/mol. The van der Waals surface area contributed by atoms with Crippen LogP contribution in [0.4, 0.5) is 0 Å². The molecule has 1 saturated heterocycles. The van der Waals surface area contributed by atoms with Crippen LogP contribution in [0, 0.1) is 13.8 Å². The van der Waals surface area contributed by atoms with Crippen molar-refractivity contribution in [1.82, 2.24) is 9.80 Å². The number of carbonyl (C=O) groups excluding carboxylic acids is 2. The van der Waals surface area contributed by atoms with Crippen LogP contribution in [0.25, 0.3) is 0 Å². The average Bonchev–Trinajstić information content (AvgIpc) is 3.44. The lowest BCUT2D eigenvalue weighted by Crippen LogP contribution is -2.38. The molecule has 7 nitrogen and oxygen atoms in total. The Balaban J connectivity index is 1.71. The lowest BCUT2D eigenvalue weighted by Gasteiger charge is -2.37. The highest BCUT2D eigenvalue weighted by Gasteiger charge is 2.42. The molecule has 0 saturated carbocycles. The van der Waals surface area contributed by atoms with E-state index in [2.05, 4.69) is 36.9 Å². The number of likely N-dealkylation sites (tertiary alicyclic amines) is 1. The number of hydrogen-bond acceptors (Lipinski definition) is 7. The summed E-state index contributed by atoms with van der Waals surface area (Å²) in [5.41, 5.74) is 5.26. The molecule has 1 amide bonds. The maximum Gasteiger partial charge on any atom is 0.338 e. The van der Waals surface area contributed by atoms with Crippen LogP contribution in [-0.2, 0) is 19.1 Å². The van der Waals surface area contributed by atoms with Gasteiger partial charge in [-0.2, -0.15) is 0 Å². The minimum Gasteiger partial charge on any atom is -0.460 e. The minimum atomic E-state index is -0.403. The first-order chi connectivity index (χ1) is 15.9. The number of esters is 1. The van der Waals surface area contributed by atoms with Gasteiger partial charge in [-0.3, -0.25) is 4.79 Å². The van der Waals surface area contributed by atoms with Gasteiger partial charge in [-0.05, 0) is 50.1 Å². The molecule has 176 valence electrons. The number of nitrogens with zero attached hydrogens (tertiary/aromatic N) is 3. The second kappa shape index (κ2) is 10.1. The first kappa shape index (κ1) is 23.6. The van der Waals surface area contributed by atoms with E-state index in [0.29, 0.717) is 24.3 Å². The van der Waals surface area contributed by atoms with Crippen LogP contribution in [0.1, 0.15) is 48.9 Å². The molecule has 0 radical (unpaired) electrons. The molecule has 3 aliphatic rings. The third-order valence-electron chi connectivity index (χ3n) is 6.25. The Morgan fingerprint density at radius 1 is 1.15 bits per heavy atom. The van der Waals surface area contributed by atoms with Crippen molar-refractivity contribution in [3.63, 3.8) is 0 Å². The van der Waals surface area contributed by atoms with Crippen LogP contribution in [0.3, 0.4) is 0 Å². The number of amidine groups is 1. The van der Waals surface area contributed by atoms with Crippen LogP contribution in [0.2, 0.25) is 0 Å². The molecule has 1 aromatic rings. The fourth-order valence-corrected chi connectivity index (χ4v) is 5.55. The number of thioether (sulfide) groups is 1. The van der Waals surface area contributed by atoms with Crippen molar-refractivity contribution in [2.45, 2.75) is 46.1 Å². The van der Waals surface area contributed by atoms with E-state index >= 15 is 0 Å². The van der Waals surface area contributed by atoms with Gasteiger partial charge < -0.3 is 19.3 Å². The summed E-state index contributed by atoms with van der Waals surface area (Å²) in [5, 5.41) is 2.78. The molecule has 8 heteroatoms. The number of fused-ring (bicyclic) bond motifs is 1. The third-order valence-corrected chi connectivity index (χ3v) is 7.14. The summed E-state index contributed by atoms with van der Waals surface area (Å²) >= 11 is 1.50. The predicted octanol–water partition coefficient (Wildman–Crippen LogP) is 4.08. The van der Waals surface area contributed by atoms with Crippen LogP contribution in [0.15, 0.2) is 45.6 Å². The number of amides is 1. The van der Waals surface area contributed by atoms with Crippen LogP contribution >= 0.6 is 11.8 Å². The Kier molecular flexibility index (Phi) is 7.24. The van der Waals surface area contributed by atoms with Gasteiger partial charge in [-0.1, -0.05) is 35.5 Å². The van der Waals surface area contributed by atoms with E-state index in [-0.39, 0.29) is 12.5 Å². The lowest BCUT2D eigenvalue weighted by atomic mass is 9.90. The maximum atomic E-state index is 13.2. The van der Waals surface area contributed by atoms with Crippen molar-refractivity contribution in [2.24, 2.45) is 4.99 Å². The summed E-state index contributed by atoms with van der Waals surface area (Å²) in [6.45, 7) is 8.09. The molecule has 0 aromatic heterocycles. The number of methoxy groups -OCH3 is 1. The maximum absolute atomic E-state index is 13.2. The molecule has 0 N–H and O–H groups in total. The van der Waals surface area contributed by atoms with E-state index in [4.69, 9.17) is 14.5 Å². The van der Waals surface area contributed by atoms with E-state index in [9.17, 15) is 9.59 Å². The SMILES string of the molecule is COCCOC(=O)C1=C(C)N=C2SC=C(CC(=O)N3CCCC3)N2[C@H]1c1ccc(C)cc1C. The number of aryl methyl sites for hydroxylation is 2. The normalized spacial score (nSPS) is 20.1. The summed E-state index contributed by atoms with van der Waals surface area (Å²) < 4.78 is 10.6. The second-order valence-corrected chi connectivity index (χ2v) is 9.48. The van der Waals surface area contributed by atoms with Crippen LogP contribution in [0.5, 0.6) is 0 Å². The monoisotopic (exact) mass is 469 g/mol. The number of hydrogen-bond donors (Lipinski definition) is 0. The molecule has 1 fully saturated rings. The molecule has 3 aliphatic heterocycles. The van der Waals surface area contributed by atoms with Gasteiger partial charge in [0.25, 0.3) is 0 Å². The minimum absolute atomic E-state index is 0.121. The number of ether oxygens (including phenoxy) is 2. The van der Waals surface area contributed by atoms with Crippen molar-refractivity contribution < 1.29 is 19.1 Å². The highest BCUT2D eigenvalue weighted by molar-refractivity contribution is 8.16. The van der Waals surface area contributed by atoms with Crippen molar-refractivity contribution in [2.75, 3.05) is 33.4 Å². The number of benzene rings is 1. The van der Waals surface area contributed by atoms with Gasteiger partial charge in [0, 0.05) is 25.9 Å². The lowest BCUT2D eigenvalue weighted by molar-refractivity contribution is -0.141. The highest BCUT2D eigenvalue weighted by Crippen LogP contribution is 2.45. The van der Waals surface area contributed by atoms with Gasteiger partial charge in [0.2, 0.25) is 5.91 Å². The zero-order valence-electron chi connectivity index (χ0n) is 19.7. The van der Waals surface area contributed by atoms with Gasteiger partial charge in [0.05, 0.1) is 30.3 Å². The zero-order chi connectivity index (χ0) is 23.5. The fraction of sp³-hybridized carbons (Fsp3) is 0.480. The molecule has 0 aliphatic carbocycles. The Morgan fingerprint density at radius 3 is 2.61 bits per heavy atom. The molecule has 4 rings (SSSR count). The second-order valence-electron chi connectivity index (χ2n) is 8.65. The standard InChI is InChI=1S/C25H31N3O4S/c1-16-7-8-20(17(2)13-16)23-22(24(30)32-12-11-31-4)18(3)26-25-28(23)19(15-33-25)14-21(29)27-9-5-6-10-27/h7-8,13,15,23H,5-6,9-12,14H2,1-4H3/t23-/m0/s1. The number of allylic oxidation sites excluding steroid dienone is 1. The quantitative estimate of drug-likeness (QED) is 0.443. The zero-order valence-corrected chi connectivity index (χ0v) is 20.5. The first-order valence-corrected chi connectivity index (χ1v) is 12.2. The Labute approximate surface area is 199 Å². The van der Waals surface area contributed by atoms with Gasteiger partial charge in [-0.15, -0.1) is 0 Å². The summed E-state index contributed by atoms with van der Waals surface area (Å²) in [6.07, 6.45) is 2.40. The molecule has 33 heavy (non-hydrogen) atoms. The third kappa shape index (κ3) is 4.87. The van der Waals surface area contributed by atoms with Gasteiger partial charge in [0.1, 0.15) is 6.61 Å². The molecule has 0 unspecified atom stereocenters. The van der Waals surface area contributed by atoms with Gasteiger partial charge in [0.15, 0.2) is 5.17 Å². The van der Waals surface area contributed by atoms with E-state index in [0.717, 1.165) is 53.5 Å². The molecule has 3 heterocycles. The van der Waals surface area contributed by atoms with E-state index in [1.807, 2.05) is 17.2 Å². The van der Waals surface area contributed by atoms with Crippen molar-refractivity contribution in [3.8, 4) is 0 Å². The number of aliphatic imine (C=N–C) groups is 1. The summed E-state index contributed by atoms with van der Waals surface area (Å²) in [5.74, 6) is -0.282. The van der Waals surface area contributed by atoms with E-state index < -0.39 is 12.0 Å². The van der Waals surface area contributed by atoms with Crippen molar-refractivity contribution in [1.29, 1.82) is 0 Å². The fourth-order valence-electron chi connectivity index (χ4n) is 4.59. The van der Waals surface area contributed by atoms with Crippen LogP contribution in [-0.4, -0.2) is 60.3 Å². The van der Waals surface area contributed by atoms with Gasteiger partial charge >= 0.3 is 5.97 Å². The molecule has 1 atom stereocenters. The Morgan fingerprint density at radius 2 is 1.91 bits per heavy atom. The summed E-state index contributed by atoms with van der Waals surface area (Å²) in [7, 11) is 1.57. The summed E-state index contributed by atoms with van der Waals surface area (Å²) in [4.78, 5) is 34.9. The van der Waals surface area contributed by atoms with E-state index in [1.165, 1.54) is 11.8 Å². The molecule has 0 bridgehead atoms.